The Morgan fingerprint density at radius 2 is 1.82 bits per heavy atom. The second kappa shape index (κ2) is 10.2. The molecule has 1 aliphatic rings. The number of anilines is 2. The molecule has 2 aromatic heterocycles. The van der Waals surface area contributed by atoms with Crippen LogP contribution >= 0.6 is 0 Å². The van der Waals surface area contributed by atoms with Crippen molar-refractivity contribution in [2.75, 3.05) is 30.4 Å². The lowest BCUT2D eigenvalue weighted by Crippen LogP contribution is -2.29. The first-order valence-electron chi connectivity index (χ1n) is 12.3. The van der Waals surface area contributed by atoms with Crippen LogP contribution in [0.5, 0.6) is 0 Å². The highest BCUT2D eigenvalue weighted by Crippen LogP contribution is 2.30. The van der Waals surface area contributed by atoms with Crippen LogP contribution in [0.3, 0.4) is 0 Å². The van der Waals surface area contributed by atoms with Crippen molar-refractivity contribution in [1.29, 1.82) is 0 Å². The zero-order valence-electron chi connectivity index (χ0n) is 21.1. The minimum Gasteiger partial charge on any atom is -0.366 e. The third kappa shape index (κ3) is 4.73. The van der Waals surface area contributed by atoms with E-state index in [1.165, 1.54) is 0 Å². The van der Waals surface area contributed by atoms with Gasteiger partial charge in [0.25, 0.3) is 0 Å². The first-order valence-corrected chi connectivity index (χ1v) is 12.3. The van der Waals surface area contributed by atoms with Crippen LogP contribution in [0.25, 0.3) is 22.7 Å². The van der Waals surface area contributed by atoms with Gasteiger partial charge in [-0.05, 0) is 42.3 Å². The number of hydrogen-bond acceptors (Lipinski definition) is 4. The van der Waals surface area contributed by atoms with E-state index in [0.717, 1.165) is 11.3 Å². The minimum absolute atomic E-state index is 0.0339. The largest absolute Gasteiger partial charge is 0.366 e. The summed E-state index contributed by atoms with van der Waals surface area (Å²) in [5.74, 6) is -1.21. The Kier molecular flexibility index (Phi) is 6.66. The van der Waals surface area contributed by atoms with Crippen molar-refractivity contribution in [2.45, 2.75) is 12.8 Å². The molecule has 5 rings (SSSR count). The number of aromatic nitrogens is 2. The molecule has 0 radical (unpaired) electrons. The molecular weight excluding hydrogens is 480 g/mol. The predicted octanol–water partition coefficient (Wildman–Crippen LogP) is 4.20. The van der Waals surface area contributed by atoms with Crippen molar-refractivity contribution < 1.29 is 14.4 Å². The van der Waals surface area contributed by atoms with E-state index in [0.29, 0.717) is 46.5 Å². The predicted molar refractivity (Wildman–Crippen MR) is 148 cm³/mol. The smallest absolute Gasteiger partial charge is 0.324 e. The van der Waals surface area contributed by atoms with Crippen LogP contribution < -0.4 is 16.0 Å². The van der Waals surface area contributed by atoms with E-state index in [1.807, 2.05) is 61.5 Å². The SMILES string of the molecule is CC(C(=O)Nc1ccnc2[nH]cc(C=C(C(N)=O)c3ccccc3)c12)c1ccc(N2CCN(C)C2=O)cc1. The molecule has 4 N–H and O–H groups in total. The Hall–Kier alpha value is -4.92. The second-order valence-electron chi connectivity index (χ2n) is 9.27. The lowest BCUT2D eigenvalue weighted by atomic mass is 9.99. The van der Waals surface area contributed by atoms with E-state index in [9.17, 15) is 14.4 Å². The summed E-state index contributed by atoms with van der Waals surface area (Å²) in [6.45, 7) is 3.15. The molecular formula is C29H28N6O3. The maximum Gasteiger partial charge on any atom is 0.324 e. The number of primary amides is 1. The number of nitrogens with zero attached hydrogens (tertiary/aromatic N) is 3. The summed E-state index contributed by atoms with van der Waals surface area (Å²) in [5, 5.41) is 3.69. The van der Waals surface area contributed by atoms with Gasteiger partial charge in [-0.1, -0.05) is 42.5 Å². The number of pyridine rings is 1. The number of urea groups is 1. The number of fused-ring (bicyclic) bond motifs is 1. The normalized spacial score (nSPS) is 14.7. The third-order valence-electron chi connectivity index (χ3n) is 6.83. The van der Waals surface area contributed by atoms with E-state index in [-0.39, 0.29) is 11.9 Å². The van der Waals surface area contributed by atoms with Gasteiger partial charge in [0.15, 0.2) is 0 Å². The molecule has 9 heteroatoms. The van der Waals surface area contributed by atoms with E-state index < -0.39 is 11.8 Å². The van der Waals surface area contributed by atoms with Gasteiger partial charge < -0.3 is 20.9 Å². The van der Waals surface area contributed by atoms with Crippen molar-refractivity contribution in [1.82, 2.24) is 14.9 Å². The number of amides is 4. The lowest BCUT2D eigenvalue weighted by molar-refractivity contribution is -0.117. The Morgan fingerprint density at radius 1 is 1.08 bits per heavy atom. The van der Waals surface area contributed by atoms with Gasteiger partial charge in [-0.2, -0.15) is 0 Å². The fourth-order valence-electron chi connectivity index (χ4n) is 4.59. The molecule has 4 amide bonds. The standard InChI is InChI=1S/C29H28N6O3/c1-18(19-8-10-22(11-9-19)35-15-14-34(2)29(35)38)28(37)33-24-12-13-31-27-25(24)21(17-32-27)16-23(26(30)36)20-6-4-3-5-7-20/h3-13,16-18H,14-15H2,1-2H3,(H2,30,36)(H2,31,32,33,37). The van der Waals surface area contributed by atoms with Crippen LogP contribution in [0.2, 0.25) is 0 Å². The number of aromatic amines is 1. The number of nitrogens with two attached hydrogens (primary N) is 1. The molecule has 0 saturated carbocycles. The quantitative estimate of drug-likeness (QED) is 0.324. The summed E-state index contributed by atoms with van der Waals surface area (Å²) in [6, 6.07) is 18.3. The maximum atomic E-state index is 13.3. The van der Waals surface area contributed by atoms with E-state index >= 15 is 0 Å². The Morgan fingerprint density at radius 3 is 2.47 bits per heavy atom. The van der Waals surface area contributed by atoms with Crippen molar-refractivity contribution in [3.63, 3.8) is 0 Å². The Balaban J connectivity index is 1.40. The van der Waals surface area contributed by atoms with Gasteiger partial charge in [0.05, 0.1) is 11.6 Å². The summed E-state index contributed by atoms with van der Waals surface area (Å²) in [6.07, 6.45) is 5.04. The van der Waals surface area contributed by atoms with Crippen LogP contribution in [0.4, 0.5) is 16.2 Å². The van der Waals surface area contributed by atoms with E-state index in [4.69, 9.17) is 5.73 Å². The number of benzene rings is 2. The van der Waals surface area contributed by atoms with Gasteiger partial charge in [0.2, 0.25) is 11.8 Å². The fourth-order valence-corrected chi connectivity index (χ4v) is 4.59. The molecule has 4 aromatic rings. The molecule has 1 atom stereocenters. The number of nitrogens with one attached hydrogen (secondary N) is 2. The summed E-state index contributed by atoms with van der Waals surface area (Å²) in [4.78, 5) is 48.7. The average molecular weight is 509 g/mol. The van der Waals surface area contributed by atoms with Crippen LogP contribution in [0, 0.1) is 0 Å². The number of hydrogen-bond donors (Lipinski definition) is 3. The van der Waals surface area contributed by atoms with E-state index in [1.54, 1.807) is 41.4 Å². The highest BCUT2D eigenvalue weighted by Gasteiger charge is 2.27. The summed E-state index contributed by atoms with van der Waals surface area (Å²) in [7, 11) is 1.78. The molecule has 1 saturated heterocycles. The number of carbonyl (C=O) groups excluding carboxylic acids is 3. The zero-order valence-corrected chi connectivity index (χ0v) is 21.1. The molecule has 1 aliphatic heterocycles. The summed E-state index contributed by atoms with van der Waals surface area (Å²) < 4.78 is 0. The maximum absolute atomic E-state index is 13.3. The molecule has 0 spiro atoms. The average Bonchev–Trinajstić information content (AvgIpc) is 3.50. The second-order valence-corrected chi connectivity index (χ2v) is 9.27. The molecule has 1 unspecified atom stereocenters. The number of carbonyl (C=O) groups is 3. The van der Waals surface area contributed by atoms with Crippen LogP contribution in [-0.4, -0.2) is 52.9 Å². The Bertz CT molecular complexity index is 1540. The molecule has 9 nitrogen and oxygen atoms in total. The highest BCUT2D eigenvalue weighted by atomic mass is 16.2. The number of likely N-dealkylation sites (N-methyl/N-ethyl adjacent to an activating group) is 1. The summed E-state index contributed by atoms with van der Waals surface area (Å²) >= 11 is 0. The topological polar surface area (TPSA) is 124 Å². The van der Waals surface area contributed by atoms with Crippen molar-refractivity contribution in [3.05, 3.63) is 89.7 Å². The van der Waals surface area contributed by atoms with Crippen molar-refractivity contribution >= 4 is 51.9 Å². The zero-order chi connectivity index (χ0) is 26.8. The van der Waals surface area contributed by atoms with Crippen LogP contribution in [-0.2, 0) is 9.59 Å². The van der Waals surface area contributed by atoms with Gasteiger partial charge in [0.1, 0.15) is 5.65 Å². The molecule has 3 heterocycles. The monoisotopic (exact) mass is 508 g/mol. The van der Waals surface area contributed by atoms with Gasteiger partial charge in [0, 0.05) is 54.7 Å². The number of H-pyrrole nitrogens is 1. The third-order valence-corrected chi connectivity index (χ3v) is 6.83. The Labute approximate surface area is 220 Å². The molecule has 2 aromatic carbocycles. The highest BCUT2D eigenvalue weighted by molar-refractivity contribution is 6.24. The first kappa shape index (κ1) is 24.8. The minimum atomic E-state index is -0.556. The van der Waals surface area contributed by atoms with Crippen LogP contribution in [0.1, 0.15) is 29.5 Å². The number of rotatable bonds is 7. The molecule has 0 bridgehead atoms. The van der Waals surface area contributed by atoms with Crippen molar-refractivity contribution in [2.24, 2.45) is 5.73 Å². The van der Waals surface area contributed by atoms with Crippen LogP contribution in [0.15, 0.2) is 73.1 Å². The van der Waals surface area contributed by atoms with Crippen molar-refractivity contribution in [3.8, 4) is 0 Å². The molecule has 38 heavy (non-hydrogen) atoms. The van der Waals surface area contributed by atoms with Gasteiger partial charge in [-0.15, -0.1) is 0 Å². The molecule has 0 aliphatic carbocycles. The first-order chi connectivity index (χ1) is 18.3. The van der Waals surface area contributed by atoms with Gasteiger partial charge >= 0.3 is 6.03 Å². The molecule has 1 fully saturated rings. The fraction of sp³-hybridized carbons (Fsp3) is 0.172. The van der Waals surface area contributed by atoms with E-state index in [2.05, 4.69) is 15.3 Å². The van der Waals surface area contributed by atoms with Gasteiger partial charge in [-0.25, -0.2) is 9.78 Å². The molecule has 192 valence electrons. The lowest BCUT2D eigenvalue weighted by Gasteiger charge is -2.18. The van der Waals surface area contributed by atoms with Gasteiger partial charge in [-0.3, -0.25) is 14.5 Å². The summed E-state index contributed by atoms with van der Waals surface area (Å²) in [5.41, 5.74) is 10.2.